The van der Waals surface area contributed by atoms with Gasteiger partial charge in [0.25, 0.3) is 0 Å². The van der Waals surface area contributed by atoms with Crippen LogP contribution in [0.2, 0.25) is 5.02 Å². The molecule has 0 saturated heterocycles. The number of nitrogens with zero attached hydrogens (tertiary/aromatic N) is 5. The lowest BCUT2D eigenvalue weighted by molar-refractivity contribution is -0.117. The van der Waals surface area contributed by atoms with Crippen molar-refractivity contribution in [3.63, 3.8) is 0 Å². The number of tetrazole rings is 1. The lowest BCUT2D eigenvalue weighted by Crippen LogP contribution is -2.20. The van der Waals surface area contributed by atoms with E-state index in [1.54, 1.807) is 30.5 Å². The van der Waals surface area contributed by atoms with Crippen molar-refractivity contribution < 1.29 is 4.79 Å². The molecule has 26 heavy (non-hydrogen) atoms. The fourth-order valence-corrected chi connectivity index (χ4v) is 2.62. The molecular formula is C18H13ClN6O. The fraction of sp³-hybridized carbons (Fsp3) is 0.0556. The zero-order chi connectivity index (χ0) is 17.9. The van der Waals surface area contributed by atoms with Crippen molar-refractivity contribution in [2.45, 2.75) is 6.54 Å². The second-order valence-electron chi connectivity index (χ2n) is 5.62. The molecule has 8 heteroatoms. The van der Waals surface area contributed by atoms with Crippen LogP contribution in [0, 0.1) is 0 Å². The molecule has 0 aliphatic heterocycles. The minimum Gasteiger partial charge on any atom is -0.323 e. The Morgan fingerprint density at radius 3 is 2.77 bits per heavy atom. The third-order valence-corrected chi connectivity index (χ3v) is 3.97. The number of hydrogen-bond acceptors (Lipinski definition) is 5. The maximum atomic E-state index is 12.2. The van der Waals surface area contributed by atoms with Crippen molar-refractivity contribution in [2.24, 2.45) is 0 Å². The largest absolute Gasteiger partial charge is 0.323 e. The van der Waals surface area contributed by atoms with E-state index in [1.807, 2.05) is 30.3 Å². The van der Waals surface area contributed by atoms with Gasteiger partial charge >= 0.3 is 0 Å². The molecule has 0 aliphatic carbocycles. The summed E-state index contributed by atoms with van der Waals surface area (Å²) in [5, 5.41) is 16.5. The number of fused-ring (bicyclic) bond motifs is 1. The summed E-state index contributed by atoms with van der Waals surface area (Å²) in [5.41, 5.74) is 2.27. The van der Waals surface area contributed by atoms with Crippen molar-refractivity contribution in [2.75, 3.05) is 5.32 Å². The zero-order valence-electron chi connectivity index (χ0n) is 13.5. The minimum absolute atomic E-state index is 0.0482. The summed E-state index contributed by atoms with van der Waals surface area (Å²) in [5.74, 6) is 0.170. The lowest BCUT2D eigenvalue weighted by Gasteiger charge is -2.05. The number of pyridine rings is 1. The van der Waals surface area contributed by atoms with Crippen LogP contribution in [-0.2, 0) is 11.3 Å². The van der Waals surface area contributed by atoms with Crippen molar-refractivity contribution in [1.29, 1.82) is 0 Å². The predicted octanol–water partition coefficient (Wildman–Crippen LogP) is 3.18. The highest BCUT2D eigenvalue weighted by molar-refractivity contribution is 6.30. The van der Waals surface area contributed by atoms with Crippen LogP contribution in [0.1, 0.15) is 0 Å². The molecule has 1 amide bonds. The van der Waals surface area contributed by atoms with Crippen LogP contribution in [0.4, 0.5) is 5.69 Å². The van der Waals surface area contributed by atoms with Gasteiger partial charge in [-0.05, 0) is 41.6 Å². The number of hydrogen-bond donors (Lipinski definition) is 1. The van der Waals surface area contributed by atoms with Gasteiger partial charge in [-0.25, -0.2) is 0 Å². The van der Waals surface area contributed by atoms with E-state index in [-0.39, 0.29) is 12.5 Å². The Kier molecular flexibility index (Phi) is 4.28. The predicted molar refractivity (Wildman–Crippen MR) is 98.6 cm³/mol. The number of amides is 1. The number of benzene rings is 2. The summed E-state index contributed by atoms with van der Waals surface area (Å²) in [7, 11) is 0. The van der Waals surface area contributed by atoms with E-state index in [0.29, 0.717) is 16.5 Å². The van der Waals surface area contributed by atoms with Crippen LogP contribution in [0.3, 0.4) is 0 Å². The molecule has 2 aromatic heterocycles. The molecule has 0 atom stereocenters. The van der Waals surface area contributed by atoms with Crippen LogP contribution in [0.5, 0.6) is 0 Å². The molecule has 0 unspecified atom stereocenters. The number of carbonyl (C=O) groups excluding carboxylic acids is 1. The molecule has 0 aliphatic rings. The van der Waals surface area contributed by atoms with E-state index < -0.39 is 0 Å². The Balaban J connectivity index is 1.45. The highest BCUT2D eigenvalue weighted by Gasteiger charge is 2.10. The maximum Gasteiger partial charge on any atom is 0.248 e. The number of anilines is 1. The van der Waals surface area contributed by atoms with Gasteiger partial charge in [-0.1, -0.05) is 29.8 Å². The number of carbonyl (C=O) groups is 1. The molecule has 1 N–H and O–H groups in total. The SMILES string of the molecule is O=C(Cn1nnc(-c2ccc(Cl)cc2)n1)Nc1cnc2ccccc2c1. The maximum absolute atomic E-state index is 12.2. The molecule has 0 radical (unpaired) electrons. The van der Waals surface area contributed by atoms with Crippen molar-refractivity contribution in [1.82, 2.24) is 25.2 Å². The van der Waals surface area contributed by atoms with E-state index in [9.17, 15) is 4.79 Å². The standard InChI is InChI=1S/C18H13ClN6O/c19-14-7-5-12(6-8-14)18-22-24-25(23-18)11-17(26)21-15-9-13-3-1-2-4-16(13)20-10-15/h1-10H,11H2,(H,21,26). The van der Waals surface area contributed by atoms with Gasteiger partial charge in [0, 0.05) is 16.0 Å². The number of para-hydroxylation sites is 1. The number of nitrogens with one attached hydrogen (secondary N) is 1. The number of halogens is 1. The summed E-state index contributed by atoms with van der Waals surface area (Å²) in [6, 6.07) is 16.7. The second-order valence-corrected chi connectivity index (χ2v) is 6.05. The Bertz CT molecular complexity index is 1080. The van der Waals surface area contributed by atoms with Gasteiger partial charge in [0.15, 0.2) is 0 Å². The molecule has 0 saturated carbocycles. The van der Waals surface area contributed by atoms with Crippen LogP contribution in [0.25, 0.3) is 22.3 Å². The lowest BCUT2D eigenvalue weighted by atomic mass is 10.2. The summed E-state index contributed by atoms with van der Waals surface area (Å²) < 4.78 is 0. The van der Waals surface area contributed by atoms with Crippen LogP contribution >= 0.6 is 11.6 Å². The van der Waals surface area contributed by atoms with Gasteiger partial charge in [0.1, 0.15) is 6.54 Å². The second kappa shape index (κ2) is 6.89. The molecule has 0 spiro atoms. The van der Waals surface area contributed by atoms with Gasteiger partial charge < -0.3 is 5.32 Å². The zero-order valence-corrected chi connectivity index (χ0v) is 14.3. The average Bonchev–Trinajstić information content (AvgIpc) is 3.10. The van der Waals surface area contributed by atoms with Crippen molar-refractivity contribution in [3.05, 3.63) is 65.8 Å². The molecule has 0 bridgehead atoms. The Morgan fingerprint density at radius 2 is 1.92 bits per heavy atom. The van der Waals surface area contributed by atoms with E-state index in [0.717, 1.165) is 16.5 Å². The van der Waals surface area contributed by atoms with Crippen LogP contribution in [0.15, 0.2) is 60.8 Å². The van der Waals surface area contributed by atoms with Gasteiger partial charge in [-0.15, -0.1) is 10.2 Å². The average molecular weight is 365 g/mol. The summed E-state index contributed by atoms with van der Waals surface area (Å²) in [6.07, 6.45) is 1.62. The molecule has 4 aromatic rings. The normalized spacial score (nSPS) is 10.8. The smallest absolute Gasteiger partial charge is 0.248 e. The van der Waals surface area contributed by atoms with Crippen molar-refractivity contribution >= 4 is 34.1 Å². The first-order valence-corrected chi connectivity index (χ1v) is 8.23. The van der Waals surface area contributed by atoms with E-state index in [2.05, 4.69) is 25.7 Å². The van der Waals surface area contributed by atoms with Gasteiger partial charge in [-0.2, -0.15) is 4.80 Å². The monoisotopic (exact) mass is 364 g/mol. The highest BCUT2D eigenvalue weighted by Crippen LogP contribution is 2.17. The molecule has 0 fully saturated rings. The van der Waals surface area contributed by atoms with Crippen LogP contribution < -0.4 is 5.32 Å². The summed E-state index contributed by atoms with van der Waals surface area (Å²) >= 11 is 5.87. The topological polar surface area (TPSA) is 85.6 Å². The third kappa shape index (κ3) is 3.52. The van der Waals surface area contributed by atoms with E-state index in [1.165, 1.54) is 4.80 Å². The van der Waals surface area contributed by atoms with Crippen molar-refractivity contribution in [3.8, 4) is 11.4 Å². The molecule has 128 valence electrons. The molecular weight excluding hydrogens is 352 g/mol. The van der Waals surface area contributed by atoms with E-state index in [4.69, 9.17) is 11.6 Å². The Hall–Kier alpha value is -3.32. The first kappa shape index (κ1) is 16.2. The third-order valence-electron chi connectivity index (χ3n) is 3.71. The fourth-order valence-electron chi connectivity index (χ4n) is 2.49. The first-order chi connectivity index (χ1) is 12.7. The summed E-state index contributed by atoms with van der Waals surface area (Å²) in [6.45, 7) is -0.0482. The van der Waals surface area contributed by atoms with Gasteiger partial charge in [0.05, 0.1) is 17.4 Å². The molecule has 4 rings (SSSR count). The highest BCUT2D eigenvalue weighted by atomic mass is 35.5. The molecule has 7 nitrogen and oxygen atoms in total. The minimum atomic E-state index is -0.262. The van der Waals surface area contributed by atoms with Crippen LogP contribution in [-0.4, -0.2) is 31.1 Å². The summed E-state index contributed by atoms with van der Waals surface area (Å²) in [4.78, 5) is 17.8. The number of aromatic nitrogens is 5. The van der Waals surface area contributed by atoms with Gasteiger partial charge in [-0.3, -0.25) is 9.78 Å². The Labute approximate surface area is 153 Å². The molecule has 2 aromatic carbocycles. The van der Waals surface area contributed by atoms with E-state index >= 15 is 0 Å². The Morgan fingerprint density at radius 1 is 1.12 bits per heavy atom. The number of rotatable bonds is 4. The quantitative estimate of drug-likeness (QED) is 0.601. The van der Waals surface area contributed by atoms with Gasteiger partial charge in [0.2, 0.25) is 11.7 Å². The molecule has 2 heterocycles. The first-order valence-electron chi connectivity index (χ1n) is 7.86.